The molecule has 5 heteroatoms. The average molecular weight is 271 g/mol. The molecule has 0 aliphatic rings. The van der Waals surface area contributed by atoms with Crippen LogP contribution in [0.4, 0.5) is 0 Å². The summed E-state index contributed by atoms with van der Waals surface area (Å²) in [6, 6.07) is 3.49. The summed E-state index contributed by atoms with van der Waals surface area (Å²) in [5.41, 5.74) is 6.66. The van der Waals surface area contributed by atoms with Crippen LogP contribution in [-0.4, -0.2) is 26.6 Å². The standard InChI is InChI=1S/C13H19ClN2O2/c1-8(2)7-16-13(15)9-5-10(14)12(18-4)11(6-9)17-3/h5-6,8H,7H2,1-4H3,(H2,15,16). The second-order valence-electron chi connectivity index (χ2n) is 4.31. The second-order valence-corrected chi connectivity index (χ2v) is 4.72. The molecule has 0 heterocycles. The van der Waals surface area contributed by atoms with Crippen LogP contribution in [0.15, 0.2) is 17.1 Å². The van der Waals surface area contributed by atoms with Crippen LogP contribution < -0.4 is 15.2 Å². The van der Waals surface area contributed by atoms with Crippen molar-refractivity contribution in [3.63, 3.8) is 0 Å². The van der Waals surface area contributed by atoms with Gasteiger partial charge in [-0.05, 0) is 18.1 Å². The van der Waals surface area contributed by atoms with Crippen LogP contribution in [0, 0.1) is 5.92 Å². The molecule has 0 radical (unpaired) electrons. The van der Waals surface area contributed by atoms with Gasteiger partial charge in [0.25, 0.3) is 0 Å². The maximum absolute atomic E-state index is 6.10. The number of ether oxygens (including phenoxy) is 2. The Morgan fingerprint density at radius 3 is 2.50 bits per heavy atom. The number of nitrogens with two attached hydrogens (primary N) is 1. The summed E-state index contributed by atoms with van der Waals surface area (Å²) in [5, 5.41) is 0.453. The molecule has 0 atom stereocenters. The number of methoxy groups -OCH3 is 2. The second kappa shape index (κ2) is 6.50. The van der Waals surface area contributed by atoms with Gasteiger partial charge in [0.15, 0.2) is 11.5 Å². The van der Waals surface area contributed by atoms with Gasteiger partial charge in [-0.1, -0.05) is 25.4 Å². The summed E-state index contributed by atoms with van der Waals surface area (Å²) < 4.78 is 10.4. The Hall–Kier alpha value is -1.42. The van der Waals surface area contributed by atoms with Crippen molar-refractivity contribution in [3.05, 3.63) is 22.7 Å². The Morgan fingerprint density at radius 2 is 2.00 bits per heavy atom. The van der Waals surface area contributed by atoms with Crippen LogP contribution in [0.1, 0.15) is 19.4 Å². The van der Waals surface area contributed by atoms with Gasteiger partial charge in [0, 0.05) is 12.1 Å². The molecule has 100 valence electrons. The first kappa shape index (κ1) is 14.6. The molecule has 2 N–H and O–H groups in total. The third-order valence-electron chi connectivity index (χ3n) is 2.36. The van der Waals surface area contributed by atoms with Gasteiger partial charge in [0.2, 0.25) is 0 Å². The zero-order chi connectivity index (χ0) is 13.7. The molecule has 0 saturated carbocycles. The van der Waals surface area contributed by atoms with E-state index < -0.39 is 0 Å². The van der Waals surface area contributed by atoms with Crippen molar-refractivity contribution in [3.8, 4) is 11.5 Å². The predicted octanol–water partition coefficient (Wildman–Crippen LogP) is 2.72. The molecule has 18 heavy (non-hydrogen) atoms. The predicted molar refractivity (Wildman–Crippen MR) is 75.0 cm³/mol. The van der Waals surface area contributed by atoms with Gasteiger partial charge in [-0.2, -0.15) is 0 Å². The molecular formula is C13H19ClN2O2. The van der Waals surface area contributed by atoms with Crippen LogP contribution in [0.25, 0.3) is 0 Å². The Morgan fingerprint density at radius 1 is 1.33 bits per heavy atom. The van der Waals surface area contributed by atoms with Gasteiger partial charge in [-0.3, -0.25) is 4.99 Å². The lowest BCUT2D eigenvalue weighted by Gasteiger charge is -2.11. The SMILES string of the molecule is COc1cc(C(N)=NCC(C)C)cc(Cl)c1OC. The number of benzene rings is 1. The van der Waals surface area contributed by atoms with E-state index in [2.05, 4.69) is 18.8 Å². The normalized spacial score (nSPS) is 11.8. The van der Waals surface area contributed by atoms with Crippen molar-refractivity contribution >= 4 is 17.4 Å². The average Bonchev–Trinajstić information content (AvgIpc) is 2.34. The quantitative estimate of drug-likeness (QED) is 0.661. The molecule has 4 nitrogen and oxygen atoms in total. The van der Waals surface area contributed by atoms with E-state index in [0.717, 1.165) is 5.56 Å². The molecule has 1 aromatic carbocycles. The highest BCUT2D eigenvalue weighted by atomic mass is 35.5. The highest BCUT2D eigenvalue weighted by Gasteiger charge is 2.12. The van der Waals surface area contributed by atoms with E-state index in [4.69, 9.17) is 26.8 Å². The van der Waals surface area contributed by atoms with E-state index in [1.165, 1.54) is 0 Å². The topological polar surface area (TPSA) is 56.8 Å². The van der Waals surface area contributed by atoms with Gasteiger partial charge in [0.1, 0.15) is 5.84 Å². The molecule has 0 aliphatic carbocycles. The zero-order valence-electron chi connectivity index (χ0n) is 11.2. The van der Waals surface area contributed by atoms with Crippen LogP contribution in [0.3, 0.4) is 0 Å². The lowest BCUT2D eigenvalue weighted by atomic mass is 10.1. The van der Waals surface area contributed by atoms with E-state index in [9.17, 15) is 0 Å². The van der Waals surface area contributed by atoms with E-state index >= 15 is 0 Å². The highest BCUT2D eigenvalue weighted by molar-refractivity contribution is 6.32. The number of rotatable bonds is 5. The number of hydrogen-bond donors (Lipinski definition) is 1. The van der Waals surface area contributed by atoms with E-state index in [0.29, 0.717) is 34.8 Å². The maximum atomic E-state index is 6.10. The minimum absolute atomic E-state index is 0.451. The van der Waals surface area contributed by atoms with Gasteiger partial charge >= 0.3 is 0 Å². The monoisotopic (exact) mass is 270 g/mol. The third kappa shape index (κ3) is 3.53. The largest absolute Gasteiger partial charge is 0.493 e. The minimum atomic E-state index is 0.451. The number of halogens is 1. The Bertz CT molecular complexity index is 445. The van der Waals surface area contributed by atoms with Crippen molar-refractivity contribution in [2.75, 3.05) is 20.8 Å². The van der Waals surface area contributed by atoms with E-state index in [1.807, 2.05) is 0 Å². The van der Waals surface area contributed by atoms with E-state index in [1.54, 1.807) is 26.4 Å². The van der Waals surface area contributed by atoms with Crippen LogP contribution in [0.2, 0.25) is 5.02 Å². The molecule has 1 rings (SSSR count). The third-order valence-corrected chi connectivity index (χ3v) is 2.64. The number of amidine groups is 1. The summed E-state index contributed by atoms with van der Waals surface area (Å²) in [7, 11) is 3.10. The molecular weight excluding hydrogens is 252 g/mol. The maximum Gasteiger partial charge on any atom is 0.179 e. The Balaban J connectivity index is 3.11. The summed E-state index contributed by atoms with van der Waals surface area (Å²) in [4.78, 5) is 4.31. The van der Waals surface area contributed by atoms with Crippen molar-refractivity contribution in [1.82, 2.24) is 0 Å². The lowest BCUT2D eigenvalue weighted by molar-refractivity contribution is 0.355. The van der Waals surface area contributed by atoms with Gasteiger partial charge in [-0.25, -0.2) is 0 Å². The minimum Gasteiger partial charge on any atom is -0.493 e. The smallest absolute Gasteiger partial charge is 0.179 e. The van der Waals surface area contributed by atoms with Crippen molar-refractivity contribution in [2.45, 2.75) is 13.8 Å². The number of nitrogens with zero attached hydrogens (tertiary/aromatic N) is 1. The van der Waals surface area contributed by atoms with Crippen LogP contribution >= 0.6 is 11.6 Å². The molecule has 0 aliphatic heterocycles. The molecule has 0 amide bonds. The fourth-order valence-corrected chi connectivity index (χ4v) is 1.73. The zero-order valence-corrected chi connectivity index (χ0v) is 11.9. The molecule has 0 fully saturated rings. The first-order chi connectivity index (χ1) is 8.49. The summed E-state index contributed by atoms with van der Waals surface area (Å²) in [6.07, 6.45) is 0. The van der Waals surface area contributed by atoms with Gasteiger partial charge < -0.3 is 15.2 Å². The fraction of sp³-hybridized carbons (Fsp3) is 0.462. The van der Waals surface area contributed by atoms with Crippen LogP contribution in [0.5, 0.6) is 11.5 Å². The summed E-state index contributed by atoms with van der Waals surface area (Å²) in [5.74, 6) is 1.95. The van der Waals surface area contributed by atoms with E-state index in [-0.39, 0.29) is 0 Å². The molecule has 1 aromatic rings. The summed E-state index contributed by atoms with van der Waals surface area (Å²) in [6.45, 7) is 4.84. The number of hydrogen-bond acceptors (Lipinski definition) is 3. The molecule has 0 bridgehead atoms. The van der Waals surface area contributed by atoms with Crippen molar-refractivity contribution in [2.24, 2.45) is 16.6 Å². The number of aliphatic imine (C=N–C) groups is 1. The first-order valence-corrected chi connectivity index (χ1v) is 6.09. The van der Waals surface area contributed by atoms with Crippen LogP contribution in [-0.2, 0) is 0 Å². The molecule has 0 spiro atoms. The molecule has 0 saturated heterocycles. The molecule has 0 unspecified atom stereocenters. The summed E-state index contributed by atoms with van der Waals surface area (Å²) >= 11 is 6.10. The molecule has 0 aromatic heterocycles. The van der Waals surface area contributed by atoms with Gasteiger partial charge in [-0.15, -0.1) is 0 Å². The first-order valence-electron chi connectivity index (χ1n) is 5.71. The van der Waals surface area contributed by atoms with Gasteiger partial charge in [0.05, 0.1) is 19.2 Å². The van der Waals surface area contributed by atoms with Crippen molar-refractivity contribution < 1.29 is 9.47 Å². The lowest BCUT2D eigenvalue weighted by Crippen LogP contribution is -2.15. The Labute approximate surface area is 113 Å². The van der Waals surface area contributed by atoms with Crippen molar-refractivity contribution in [1.29, 1.82) is 0 Å². The fourth-order valence-electron chi connectivity index (χ4n) is 1.44. The highest BCUT2D eigenvalue weighted by Crippen LogP contribution is 2.35. The Kier molecular flexibility index (Phi) is 5.28.